The Bertz CT molecular complexity index is 164. The molecule has 0 unspecified atom stereocenters. The fourth-order valence-corrected chi connectivity index (χ4v) is 0.102. The van der Waals surface area contributed by atoms with Crippen molar-refractivity contribution >= 4 is 11.8 Å². The molecule has 4 nitrogen and oxygen atoms in total. The minimum Gasteiger partial charge on any atom is -0.366 e. The lowest BCUT2D eigenvalue weighted by atomic mass is 10.6. The summed E-state index contributed by atoms with van der Waals surface area (Å²) in [6.45, 7) is 6.31. The molecule has 0 fully saturated rings. The third kappa shape index (κ3) is 17.8. The molecule has 0 radical (unpaired) electrons. The SMILES string of the molecule is C=CC(=O)NC.C=CC(N)=O. The maximum atomic E-state index is 9.95. The first kappa shape index (κ1) is 12.1. The van der Waals surface area contributed by atoms with Gasteiger partial charge < -0.3 is 11.1 Å². The maximum Gasteiger partial charge on any atom is 0.243 e. The summed E-state index contributed by atoms with van der Waals surface area (Å²) in [4.78, 5) is 19.4. The number of amides is 2. The fraction of sp³-hybridized carbons (Fsp3) is 0.143. The second kappa shape index (κ2) is 8.42. The van der Waals surface area contributed by atoms with Crippen molar-refractivity contribution in [1.29, 1.82) is 0 Å². The molecular formula is C7H12N2O2. The van der Waals surface area contributed by atoms with E-state index in [9.17, 15) is 9.59 Å². The van der Waals surface area contributed by atoms with Crippen molar-refractivity contribution in [2.24, 2.45) is 5.73 Å². The van der Waals surface area contributed by atoms with Gasteiger partial charge in [0.2, 0.25) is 11.8 Å². The number of rotatable bonds is 2. The Balaban J connectivity index is 0. The third-order valence-corrected chi connectivity index (χ3v) is 0.633. The van der Waals surface area contributed by atoms with Gasteiger partial charge in [-0.3, -0.25) is 9.59 Å². The second-order valence-corrected chi connectivity index (χ2v) is 1.42. The predicted molar refractivity (Wildman–Crippen MR) is 43.7 cm³/mol. The summed E-state index contributed by atoms with van der Waals surface area (Å²) in [6.07, 6.45) is 2.28. The van der Waals surface area contributed by atoms with Crippen LogP contribution in [-0.4, -0.2) is 18.9 Å². The molecule has 0 bridgehead atoms. The highest BCUT2D eigenvalue weighted by Crippen LogP contribution is 1.56. The van der Waals surface area contributed by atoms with Crippen molar-refractivity contribution in [1.82, 2.24) is 5.32 Å². The van der Waals surface area contributed by atoms with Crippen LogP contribution in [-0.2, 0) is 9.59 Å². The fourth-order valence-electron chi connectivity index (χ4n) is 0.102. The van der Waals surface area contributed by atoms with Gasteiger partial charge in [0, 0.05) is 7.05 Å². The zero-order valence-corrected chi connectivity index (χ0v) is 6.46. The average Bonchev–Trinajstić information content (AvgIpc) is 2.04. The Morgan fingerprint density at radius 2 is 1.73 bits per heavy atom. The highest BCUT2D eigenvalue weighted by atomic mass is 16.1. The van der Waals surface area contributed by atoms with Crippen LogP contribution in [0.15, 0.2) is 25.3 Å². The number of nitrogens with two attached hydrogens (primary N) is 1. The van der Waals surface area contributed by atoms with Gasteiger partial charge in [-0.05, 0) is 12.2 Å². The van der Waals surface area contributed by atoms with Crippen molar-refractivity contribution in [3.8, 4) is 0 Å². The smallest absolute Gasteiger partial charge is 0.243 e. The molecule has 0 spiro atoms. The number of carbonyl (C=O) groups excluding carboxylic acids is 2. The minimum atomic E-state index is -0.481. The zero-order valence-electron chi connectivity index (χ0n) is 6.46. The predicted octanol–water partition coefficient (Wildman–Crippen LogP) is -0.424. The van der Waals surface area contributed by atoms with Gasteiger partial charge in [0.05, 0.1) is 0 Å². The van der Waals surface area contributed by atoms with E-state index >= 15 is 0 Å². The minimum absolute atomic E-state index is 0.144. The Kier molecular flexibility index (Phi) is 9.29. The number of carbonyl (C=O) groups is 2. The lowest BCUT2D eigenvalue weighted by Gasteiger charge is -1.82. The molecule has 11 heavy (non-hydrogen) atoms. The van der Waals surface area contributed by atoms with Crippen LogP contribution in [0.4, 0.5) is 0 Å². The first-order valence-electron chi connectivity index (χ1n) is 2.84. The Labute approximate surface area is 65.8 Å². The van der Waals surface area contributed by atoms with Crippen LogP contribution in [0.5, 0.6) is 0 Å². The molecule has 0 aromatic heterocycles. The van der Waals surface area contributed by atoms with E-state index in [0.717, 1.165) is 6.08 Å². The van der Waals surface area contributed by atoms with Gasteiger partial charge in [-0.25, -0.2) is 0 Å². The highest BCUT2D eigenvalue weighted by molar-refractivity contribution is 5.86. The van der Waals surface area contributed by atoms with Crippen LogP contribution in [0.25, 0.3) is 0 Å². The summed E-state index contributed by atoms with van der Waals surface area (Å²) in [5.41, 5.74) is 4.53. The van der Waals surface area contributed by atoms with Gasteiger partial charge in [0.25, 0.3) is 0 Å². The van der Waals surface area contributed by atoms with Crippen LogP contribution in [0, 0.1) is 0 Å². The van der Waals surface area contributed by atoms with Gasteiger partial charge >= 0.3 is 0 Å². The van der Waals surface area contributed by atoms with E-state index in [1.54, 1.807) is 7.05 Å². The van der Waals surface area contributed by atoms with E-state index in [1.807, 2.05) is 0 Å². The van der Waals surface area contributed by atoms with Gasteiger partial charge in [-0.1, -0.05) is 13.2 Å². The number of hydrogen-bond acceptors (Lipinski definition) is 2. The molecule has 62 valence electrons. The lowest BCUT2D eigenvalue weighted by Crippen LogP contribution is -2.13. The van der Waals surface area contributed by atoms with Gasteiger partial charge in [-0.2, -0.15) is 0 Å². The Hall–Kier alpha value is -1.58. The molecule has 0 aromatic carbocycles. The number of nitrogens with one attached hydrogen (secondary N) is 1. The van der Waals surface area contributed by atoms with Gasteiger partial charge in [0.15, 0.2) is 0 Å². The summed E-state index contributed by atoms with van der Waals surface area (Å²) in [6, 6.07) is 0. The molecule has 0 aromatic rings. The van der Waals surface area contributed by atoms with Crippen LogP contribution in [0.1, 0.15) is 0 Å². The highest BCUT2D eigenvalue weighted by Gasteiger charge is 1.78. The first-order chi connectivity index (χ1) is 5.08. The monoisotopic (exact) mass is 156 g/mol. The van der Waals surface area contributed by atoms with Crippen molar-refractivity contribution in [2.45, 2.75) is 0 Å². The molecule has 0 saturated carbocycles. The van der Waals surface area contributed by atoms with E-state index in [4.69, 9.17) is 0 Å². The molecule has 4 heteroatoms. The van der Waals surface area contributed by atoms with E-state index in [2.05, 4.69) is 24.2 Å². The standard InChI is InChI=1S/C4H7NO.C3H5NO/c1-3-4(6)5-2;1-2-3(4)5/h3H,1H2,2H3,(H,5,6);2H,1H2,(H2,4,5). The number of hydrogen-bond donors (Lipinski definition) is 2. The normalized spacial score (nSPS) is 6.64. The van der Waals surface area contributed by atoms with Crippen LogP contribution in [0.2, 0.25) is 0 Å². The molecule has 0 saturated heterocycles. The topological polar surface area (TPSA) is 72.2 Å². The third-order valence-electron chi connectivity index (χ3n) is 0.633. The van der Waals surface area contributed by atoms with Crippen molar-refractivity contribution in [3.63, 3.8) is 0 Å². The molecule has 3 N–H and O–H groups in total. The van der Waals surface area contributed by atoms with Crippen LogP contribution >= 0.6 is 0 Å². The molecular weight excluding hydrogens is 144 g/mol. The summed E-state index contributed by atoms with van der Waals surface area (Å²) in [7, 11) is 1.56. The quantitative estimate of drug-likeness (QED) is 0.533. The summed E-state index contributed by atoms with van der Waals surface area (Å²) in [5.74, 6) is -0.625. The van der Waals surface area contributed by atoms with Gasteiger partial charge in [0.1, 0.15) is 0 Å². The molecule has 0 aliphatic carbocycles. The number of likely N-dealkylation sites (N-methyl/N-ethyl adjacent to an activating group) is 1. The molecule has 0 heterocycles. The maximum absolute atomic E-state index is 9.95. The van der Waals surface area contributed by atoms with Crippen molar-refractivity contribution in [3.05, 3.63) is 25.3 Å². The lowest BCUT2D eigenvalue weighted by molar-refractivity contribution is -0.116. The summed E-state index contributed by atoms with van der Waals surface area (Å²) < 4.78 is 0. The summed E-state index contributed by atoms with van der Waals surface area (Å²) in [5, 5.41) is 2.36. The number of primary amides is 1. The largest absolute Gasteiger partial charge is 0.366 e. The average molecular weight is 156 g/mol. The molecule has 0 rings (SSSR count). The van der Waals surface area contributed by atoms with Crippen LogP contribution < -0.4 is 11.1 Å². The van der Waals surface area contributed by atoms with Gasteiger partial charge in [-0.15, -0.1) is 0 Å². The van der Waals surface area contributed by atoms with E-state index in [1.165, 1.54) is 6.08 Å². The zero-order chi connectivity index (χ0) is 9.28. The molecule has 0 atom stereocenters. The molecule has 0 aliphatic heterocycles. The van der Waals surface area contributed by atoms with E-state index in [-0.39, 0.29) is 5.91 Å². The second-order valence-electron chi connectivity index (χ2n) is 1.42. The Morgan fingerprint density at radius 3 is 1.73 bits per heavy atom. The summed E-state index contributed by atoms with van der Waals surface area (Å²) >= 11 is 0. The van der Waals surface area contributed by atoms with E-state index < -0.39 is 5.91 Å². The first-order valence-corrected chi connectivity index (χ1v) is 2.84. The molecule has 2 amide bonds. The van der Waals surface area contributed by atoms with Crippen molar-refractivity contribution < 1.29 is 9.59 Å². The Morgan fingerprint density at radius 1 is 1.36 bits per heavy atom. The van der Waals surface area contributed by atoms with E-state index in [0.29, 0.717) is 0 Å². The van der Waals surface area contributed by atoms with Crippen LogP contribution in [0.3, 0.4) is 0 Å². The molecule has 0 aliphatic rings. The van der Waals surface area contributed by atoms with Crippen molar-refractivity contribution in [2.75, 3.05) is 7.05 Å².